The summed E-state index contributed by atoms with van der Waals surface area (Å²) in [5.41, 5.74) is 2.59. The Hall–Kier alpha value is -2.38. The number of fused-ring (bicyclic) bond motifs is 1. The Morgan fingerprint density at radius 3 is 2.33 bits per heavy atom. The second kappa shape index (κ2) is 6.26. The van der Waals surface area contributed by atoms with Crippen LogP contribution in [0, 0.1) is 0 Å². The van der Waals surface area contributed by atoms with Crippen molar-refractivity contribution in [1.82, 2.24) is 13.9 Å². The van der Waals surface area contributed by atoms with Crippen molar-refractivity contribution in [2.24, 2.45) is 14.1 Å². The Balaban J connectivity index is 1.75. The lowest BCUT2D eigenvalue weighted by molar-refractivity contribution is 0.581. The van der Waals surface area contributed by atoms with E-state index >= 15 is 0 Å². The number of benzene rings is 2. The highest BCUT2D eigenvalue weighted by Crippen LogP contribution is 2.14. The molecule has 0 spiro atoms. The van der Waals surface area contributed by atoms with E-state index in [4.69, 9.17) is 0 Å². The first kappa shape index (κ1) is 16.5. The molecule has 0 amide bonds. The summed E-state index contributed by atoms with van der Waals surface area (Å²) in [4.78, 5) is 12.2. The van der Waals surface area contributed by atoms with Gasteiger partial charge in [-0.3, -0.25) is 9.13 Å². The van der Waals surface area contributed by atoms with E-state index in [1.165, 1.54) is 0 Å². The van der Waals surface area contributed by atoms with E-state index in [0.29, 0.717) is 13.0 Å². The topological polar surface area (TPSA) is 73.1 Å². The summed E-state index contributed by atoms with van der Waals surface area (Å²) in [5, 5.41) is 0. The molecule has 2 aromatic carbocycles. The normalized spacial score (nSPS) is 11.9. The second-order valence-corrected chi connectivity index (χ2v) is 7.45. The smallest absolute Gasteiger partial charge is 0.295 e. The van der Waals surface area contributed by atoms with Crippen LogP contribution in [0.25, 0.3) is 11.0 Å². The molecule has 1 heterocycles. The number of hydrogen-bond acceptors (Lipinski definition) is 3. The van der Waals surface area contributed by atoms with Crippen LogP contribution in [-0.2, 0) is 30.5 Å². The van der Waals surface area contributed by atoms with Crippen LogP contribution in [-0.4, -0.2) is 24.1 Å². The number of nitrogens with one attached hydrogen (secondary N) is 1. The minimum Gasteiger partial charge on any atom is -0.295 e. The van der Waals surface area contributed by atoms with Crippen molar-refractivity contribution in [3.8, 4) is 0 Å². The van der Waals surface area contributed by atoms with Gasteiger partial charge in [-0.1, -0.05) is 24.3 Å². The lowest BCUT2D eigenvalue weighted by atomic mass is 10.1. The zero-order chi connectivity index (χ0) is 17.3. The standard InChI is InChI=1S/C17H19N3O3S/c1-19-15-9-8-13(12-16(15)20(2)17(19)21)10-11-18-24(22,23)14-6-4-3-5-7-14/h3-9,12,18H,10-11H2,1-2H3. The molecule has 0 saturated heterocycles. The van der Waals surface area contributed by atoms with Gasteiger partial charge in [-0.15, -0.1) is 0 Å². The van der Waals surface area contributed by atoms with Crippen molar-refractivity contribution in [3.05, 3.63) is 64.6 Å². The minimum atomic E-state index is -3.49. The van der Waals surface area contributed by atoms with Crippen LogP contribution in [0.4, 0.5) is 0 Å². The molecule has 24 heavy (non-hydrogen) atoms. The Morgan fingerprint density at radius 2 is 1.62 bits per heavy atom. The molecular formula is C17H19N3O3S. The molecule has 0 unspecified atom stereocenters. The monoisotopic (exact) mass is 345 g/mol. The molecular weight excluding hydrogens is 326 g/mol. The molecule has 0 radical (unpaired) electrons. The van der Waals surface area contributed by atoms with Gasteiger partial charge in [0.25, 0.3) is 0 Å². The van der Waals surface area contributed by atoms with E-state index in [0.717, 1.165) is 16.6 Å². The van der Waals surface area contributed by atoms with Crippen LogP contribution >= 0.6 is 0 Å². The zero-order valence-corrected chi connectivity index (χ0v) is 14.4. The van der Waals surface area contributed by atoms with Crippen LogP contribution in [0.15, 0.2) is 58.2 Å². The maximum atomic E-state index is 12.2. The van der Waals surface area contributed by atoms with Crippen molar-refractivity contribution >= 4 is 21.1 Å². The summed E-state index contributed by atoms with van der Waals surface area (Å²) >= 11 is 0. The Labute approximate surface area is 140 Å². The first-order valence-electron chi connectivity index (χ1n) is 7.59. The molecule has 1 N–H and O–H groups in total. The van der Waals surface area contributed by atoms with Crippen LogP contribution in [0.3, 0.4) is 0 Å². The van der Waals surface area contributed by atoms with Gasteiger partial charge in [0.05, 0.1) is 15.9 Å². The summed E-state index contributed by atoms with van der Waals surface area (Å²) in [5.74, 6) is 0. The molecule has 0 atom stereocenters. The molecule has 1 aromatic heterocycles. The van der Waals surface area contributed by atoms with E-state index in [1.807, 2.05) is 18.2 Å². The predicted molar refractivity (Wildman–Crippen MR) is 93.5 cm³/mol. The molecule has 0 saturated carbocycles. The van der Waals surface area contributed by atoms with E-state index in [-0.39, 0.29) is 10.6 Å². The fourth-order valence-electron chi connectivity index (χ4n) is 2.72. The minimum absolute atomic E-state index is 0.0769. The molecule has 0 fully saturated rings. The van der Waals surface area contributed by atoms with Crippen molar-refractivity contribution < 1.29 is 8.42 Å². The predicted octanol–water partition coefficient (Wildman–Crippen LogP) is 1.40. The maximum absolute atomic E-state index is 12.2. The molecule has 126 valence electrons. The highest BCUT2D eigenvalue weighted by Gasteiger charge is 2.13. The van der Waals surface area contributed by atoms with Crippen molar-refractivity contribution in [2.45, 2.75) is 11.3 Å². The number of rotatable bonds is 5. The van der Waals surface area contributed by atoms with E-state index in [1.54, 1.807) is 53.6 Å². The first-order valence-corrected chi connectivity index (χ1v) is 9.07. The van der Waals surface area contributed by atoms with Crippen LogP contribution in [0.2, 0.25) is 0 Å². The lowest BCUT2D eigenvalue weighted by Crippen LogP contribution is -2.25. The largest absolute Gasteiger partial charge is 0.328 e. The van der Waals surface area contributed by atoms with Crippen molar-refractivity contribution in [3.63, 3.8) is 0 Å². The summed E-state index contributed by atoms with van der Waals surface area (Å²) in [7, 11) is -0.0298. The SMILES string of the molecule is Cn1c(=O)n(C)c2cc(CCNS(=O)(=O)c3ccccc3)ccc21. The number of aromatic nitrogens is 2. The van der Waals surface area contributed by atoms with Gasteiger partial charge in [-0.05, 0) is 36.2 Å². The third-order valence-corrected chi connectivity index (χ3v) is 5.57. The number of nitrogens with zero attached hydrogens (tertiary/aromatic N) is 2. The molecule has 6 nitrogen and oxygen atoms in total. The molecule has 0 aliphatic rings. The fourth-order valence-corrected chi connectivity index (χ4v) is 3.77. The van der Waals surface area contributed by atoms with E-state index < -0.39 is 10.0 Å². The molecule has 0 aliphatic carbocycles. The van der Waals surface area contributed by atoms with Gasteiger partial charge < -0.3 is 0 Å². The third-order valence-electron chi connectivity index (χ3n) is 4.10. The van der Waals surface area contributed by atoms with Gasteiger partial charge in [0.2, 0.25) is 10.0 Å². The number of aryl methyl sites for hydroxylation is 2. The quantitative estimate of drug-likeness (QED) is 0.760. The van der Waals surface area contributed by atoms with Crippen molar-refractivity contribution in [1.29, 1.82) is 0 Å². The molecule has 0 bridgehead atoms. The van der Waals surface area contributed by atoms with Crippen LogP contribution in [0.1, 0.15) is 5.56 Å². The van der Waals surface area contributed by atoms with Crippen LogP contribution in [0.5, 0.6) is 0 Å². The fraction of sp³-hybridized carbons (Fsp3) is 0.235. The third kappa shape index (κ3) is 3.00. The molecule has 3 rings (SSSR count). The van der Waals surface area contributed by atoms with Gasteiger partial charge >= 0.3 is 5.69 Å². The van der Waals surface area contributed by atoms with Gasteiger partial charge in [0, 0.05) is 20.6 Å². The zero-order valence-electron chi connectivity index (χ0n) is 13.6. The number of imidazole rings is 1. The maximum Gasteiger partial charge on any atom is 0.328 e. The van der Waals surface area contributed by atoms with E-state index in [9.17, 15) is 13.2 Å². The Morgan fingerprint density at radius 1 is 0.958 bits per heavy atom. The summed E-state index contributed by atoms with van der Waals surface area (Å²) in [6, 6.07) is 14.0. The van der Waals surface area contributed by atoms with Gasteiger partial charge in [0.15, 0.2) is 0 Å². The van der Waals surface area contributed by atoms with Gasteiger partial charge in [-0.25, -0.2) is 17.9 Å². The average molecular weight is 345 g/mol. The van der Waals surface area contributed by atoms with Crippen LogP contribution < -0.4 is 10.4 Å². The first-order chi connectivity index (χ1) is 11.4. The molecule has 3 aromatic rings. The Kier molecular flexibility index (Phi) is 4.29. The average Bonchev–Trinajstić information content (AvgIpc) is 2.80. The molecule has 0 aliphatic heterocycles. The highest BCUT2D eigenvalue weighted by atomic mass is 32.2. The second-order valence-electron chi connectivity index (χ2n) is 5.68. The summed E-state index contributed by atoms with van der Waals surface area (Å²) in [6.07, 6.45) is 0.547. The lowest BCUT2D eigenvalue weighted by Gasteiger charge is -2.07. The highest BCUT2D eigenvalue weighted by molar-refractivity contribution is 7.89. The van der Waals surface area contributed by atoms with Gasteiger partial charge in [0.1, 0.15) is 0 Å². The Bertz CT molecular complexity index is 1030. The summed E-state index contributed by atoms with van der Waals surface area (Å²) < 4.78 is 30.1. The summed E-state index contributed by atoms with van der Waals surface area (Å²) in [6.45, 7) is 0.295. The van der Waals surface area contributed by atoms with Crippen molar-refractivity contribution in [2.75, 3.05) is 6.54 Å². The number of sulfonamides is 1. The molecule has 7 heteroatoms. The number of hydrogen-bond donors (Lipinski definition) is 1. The van der Waals surface area contributed by atoms with Gasteiger partial charge in [-0.2, -0.15) is 0 Å². The van der Waals surface area contributed by atoms with E-state index in [2.05, 4.69) is 4.72 Å².